The Morgan fingerprint density at radius 2 is 0.675 bits per heavy atom. The number of para-hydroxylation sites is 4. The van der Waals surface area contributed by atoms with Crippen LogP contribution in [0.25, 0.3) is 83.2 Å². The Kier molecular flexibility index (Phi) is 23.9. The second kappa shape index (κ2) is 32.9. The van der Waals surface area contributed by atoms with Gasteiger partial charge in [0.15, 0.2) is 0 Å². The van der Waals surface area contributed by atoms with Crippen LogP contribution in [0, 0.1) is 0 Å². The Morgan fingerprint density at radius 3 is 1.04 bits per heavy atom. The number of nitrogens with zero attached hydrogens (tertiary/aromatic N) is 8. The molecule has 22 nitrogen and oxygen atoms in total. The maximum Gasteiger partial charge on any atom is 0.410 e. The summed E-state index contributed by atoms with van der Waals surface area (Å²) in [5, 5.41) is 12.8. The lowest BCUT2D eigenvalue weighted by atomic mass is 9.97. The van der Waals surface area contributed by atoms with Gasteiger partial charge in [-0.1, -0.05) is 48.5 Å². The second-order valence-corrected chi connectivity index (χ2v) is 41.1. The molecule has 4 unspecified atom stereocenters. The SMILES string of the molecule is CC(=O)Nc1sc2c(c1-c1nc3ccccc3s1)CC(C)N(C(=O)OC(C)(C)C)C2.CC(=O)Nc1sc2c(c1-c1nc3ccccc3s1)CCN(C(=O)OC(C)(C)C)C2C.CC1Cc2c(sc(N)c2-c2nc3ccccc3s2)CN1C(=O)OC(C)(C)C.CC1c2sc(N)c(-c3nc4ccccc4s3)c2CCN1C(=O)OC(C)(C)C. The van der Waals surface area contributed by atoms with Gasteiger partial charge in [-0.2, -0.15) is 0 Å². The van der Waals surface area contributed by atoms with Crippen LogP contribution in [-0.4, -0.2) is 123 Å². The van der Waals surface area contributed by atoms with Crippen LogP contribution >= 0.6 is 90.7 Å². The van der Waals surface area contributed by atoms with E-state index in [0.29, 0.717) is 39.0 Å². The number of anilines is 4. The smallest absolute Gasteiger partial charge is 0.410 e. The number of ether oxygens (including phenoxy) is 4. The number of nitrogen functional groups attached to an aromatic ring is 2. The van der Waals surface area contributed by atoms with Gasteiger partial charge in [0.2, 0.25) is 11.8 Å². The van der Waals surface area contributed by atoms with Crippen molar-refractivity contribution in [3.8, 4) is 42.3 Å². The molecule has 12 aromatic rings. The van der Waals surface area contributed by atoms with E-state index in [4.69, 9.17) is 50.4 Å². The van der Waals surface area contributed by atoms with Crippen LogP contribution in [0.1, 0.15) is 178 Å². The Balaban J connectivity index is 0.000000133. The van der Waals surface area contributed by atoms with Crippen molar-refractivity contribution in [2.45, 2.75) is 210 Å². The summed E-state index contributed by atoms with van der Waals surface area (Å²) in [6, 6.07) is 32.2. The number of hydrogen-bond donors (Lipinski definition) is 4. The number of rotatable bonds is 6. The molecule has 0 fully saturated rings. The normalized spacial score (nSPS) is 16.8. The number of fused-ring (bicyclic) bond motifs is 8. The average molecular weight is 1690 g/mol. The molecule has 600 valence electrons. The van der Waals surface area contributed by atoms with Crippen LogP contribution in [0.2, 0.25) is 0 Å². The van der Waals surface area contributed by atoms with E-state index in [2.05, 4.69) is 41.8 Å². The fraction of sp³-hybridized carbons (Fsp3) is 0.405. The van der Waals surface area contributed by atoms with E-state index >= 15 is 0 Å². The van der Waals surface area contributed by atoms with E-state index in [1.807, 2.05) is 177 Å². The van der Waals surface area contributed by atoms with Crippen molar-refractivity contribution in [3.63, 3.8) is 0 Å². The summed E-state index contributed by atoms with van der Waals surface area (Å²) in [4.78, 5) is 105. The molecule has 6 N–H and O–H groups in total. The molecule has 0 aliphatic carbocycles. The summed E-state index contributed by atoms with van der Waals surface area (Å²) < 4.78 is 26.9. The lowest BCUT2D eigenvalue weighted by molar-refractivity contribution is -0.115. The zero-order valence-corrected chi connectivity index (χ0v) is 73.8. The number of amides is 6. The molecule has 0 bridgehead atoms. The van der Waals surface area contributed by atoms with E-state index in [0.717, 1.165) is 147 Å². The van der Waals surface area contributed by atoms with Gasteiger partial charge in [0.25, 0.3) is 0 Å². The highest BCUT2D eigenvalue weighted by atomic mass is 32.1. The molecule has 6 amide bonds. The lowest BCUT2D eigenvalue weighted by Gasteiger charge is -2.35. The highest BCUT2D eigenvalue weighted by Crippen LogP contribution is 2.52. The van der Waals surface area contributed by atoms with Crippen molar-refractivity contribution in [2.24, 2.45) is 0 Å². The van der Waals surface area contributed by atoms with E-state index in [1.54, 1.807) is 87.6 Å². The molecule has 30 heteroatoms. The van der Waals surface area contributed by atoms with E-state index in [1.165, 1.54) is 47.6 Å². The molecule has 4 aliphatic rings. The molecule has 0 saturated carbocycles. The molecule has 4 aliphatic heterocycles. The standard InChI is InChI=1S/2C22H25N3O3S2.2C20H23N3O2S2/c1-12-10-14-17(11-25(12)21(27)28-22(3,4)5)30-19(23-13(2)26)18(14)20-24-15-8-6-7-9-16(15)29-20;1-12-18-14(10-11-25(12)21(27)28-22(3,4)5)17(19(30-18)23-13(2)26)20-24-15-8-6-7-9-16(15)29-20;1-11-9-12-15(10-23(11)19(24)25-20(2,3)4)26-17(21)16(12)18-22-13-7-5-6-8-14(13)27-18;1-11-16-12(9-10-23(11)19(24)25-20(2,3)4)15(17(21)27-16)18-22-13-7-5-6-8-14(13)26-18/h2*6-9,12H,10-11H2,1-5H3,(H,23,26);2*5-8,11H,9-10,21H2,1-4H3. The maximum atomic E-state index is 12.7. The van der Waals surface area contributed by atoms with Gasteiger partial charge >= 0.3 is 24.4 Å². The van der Waals surface area contributed by atoms with Gasteiger partial charge in [-0.3, -0.25) is 9.59 Å². The number of aromatic nitrogens is 4. The minimum Gasteiger partial charge on any atom is -0.444 e. The van der Waals surface area contributed by atoms with Gasteiger partial charge in [0.05, 0.1) is 76.0 Å². The van der Waals surface area contributed by atoms with Gasteiger partial charge in [-0.25, -0.2) is 39.1 Å². The third-order valence-corrected chi connectivity index (χ3v) is 28.0. The Labute approximate surface area is 695 Å². The summed E-state index contributed by atoms with van der Waals surface area (Å²) in [5.41, 5.74) is 23.5. The van der Waals surface area contributed by atoms with Crippen molar-refractivity contribution >= 4 is 188 Å². The summed E-state index contributed by atoms with van der Waals surface area (Å²) in [7, 11) is 0. The number of hydrogen-bond acceptors (Lipinski definition) is 24. The van der Waals surface area contributed by atoms with E-state index < -0.39 is 22.4 Å². The minimum atomic E-state index is -0.542. The zero-order valence-electron chi connectivity index (χ0n) is 67.3. The molecular weight excluding hydrogens is 1590 g/mol. The number of nitrogens with two attached hydrogens (primary N) is 2. The largest absolute Gasteiger partial charge is 0.444 e. The van der Waals surface area contributed by atoms with Crippen molar-refractivity contribution in [1.29, 1.82) is 0 Å². The first-order chi connectivity index (χ1) is 53.7. The number of thiophene rings is 4. The first kappa shape index (κ1) is 82.8. The highest BCUT2D eigenvalue weighted by molar-refractivity contribution is 7.24. The molecule has 16 rings (SSSR count). The second-order valence-electron chi connectivity index (χ2n) is 32.6. The Morgan fingerprint density at radius 1 is 0.386 bits per heavy atom. The first-order valence-electron chi connectivity index (χ1n) is 37.8. The van der Waals surface area contributed by atoms with Crippen LogP contribution in [0.3, 0.4) is 0 Å². The average Bonchev–Trinajstić information content (AvgIpc) is 1.62. The van der Waals surface area contributed by atoms with Gasteiger partial charge in [-0.05, 0) is 207 Å². The third-order valence-electron chi connectivity index (χ3n) is 19.0. The van der Waals surface area contributed by atoms with Crippen molar-refractivity contribution in [2.75, 3.05) is 35.2 Å². The predicted molar refractivity (Wildman–Crippen MR) is 469 cm³/mol. The lowest BCUT2D eigenvalue weighted by Crippen LogP contribution is -2.44. The Hall–Kier alpha value is -9.14. The molecule has 0 radical (unpaired) electrons. The summed E-state index contributed by atoms with van der Waals surface area (Å²) in [6.45, 7) is 35.9. The van der Waals surface area contributed by atoms with Crippen molar-refractivity contribution < 1.29 is 47.7 Å². The van der Waals surface area contributed by atoms with E-state index in [9.17, 15) is 28.8 Å². The fourth-order valence-corrected chi connectivity index (χ4v) is 23.4. The van der Waals surface area contributed by atoms with Crippen LogP contribution in [0.4, 0.5) is 39.2 Å². The van der Waals surface area contributed by atoms with Gasteiger partial charge in [0.1, 0.15) is 52.4 Å². The van der Waals surface area contributed by atoms with Crippen LogP contribution < -0.4 is 22.1 Å². The molecule has 8 aromatic heterocycles. The molecule has 12 heterocycles. The van der Waals surface area contributed by atoms with Gasteiger partial charge < -0.3 is 60.6 Å². The number of nitrogens with one attached hydrogen (secondary N) is 2. The molecule has 4 atom stereocenters. The summed E-state index contributed by atoms with van der Waals surface area (Å²) in [6.07, 6.45) is 1.75. The van der Waals surface area contributed by atoms with Crippen molar-refractivity contribution in [3.05, 3.63) is 139 Å². The number of carbonyl (C=O) groups excluding carboxylic acids is 6. The fourth-order valence-electron chi connectivity index (χ4n) is 14.1. The number of benzene rings is 4. The first-order valence-corrected chi connectivity index (χ1v) is 44.3. The van der Waals surface area contributed by atoms with Crippen LogP contribution in [0.5, 0.6) is 0 Å². The van der Waals surface area contributed by atoms with Crippen LogP contribution in [-0.2, 0) is 67.3 Å². The molecule has 0 spiro atoms. The molecule has 114 heavy (non-hydrogen) atoms. The highest BCUT2D eigenvalue weighted by Gasteiger charge is 2.41. The van der Waals surface area contributed by atoms with Gasteiger partial charge in [-0.15, -0.1) is 90.7 Å². The number of thiazole rings is 4. The third kappa shape index (κ3) is 18.4. The maximum absolute atomic E-state index is 12.7. The predicted octanol–water partition coefficient (Wildman–Crippen LogP) is 22.3. The molecular formula is C84H96N12O10S8. The minimum absolute atomic E-state index is 0.0137. The van der Waals surface area contributed by atoms with Gasteiger partial charge in [0, 0.05) is 80.8 Å². The molecule has 0 saturated heterocycles. The monoisotopic (exact) mass is 1690 g/mol. The number of carbonyl (C=O) groups is 6. The molecule has 4 aromatic carbocycles. The summed E-state index contributed by atoms with van der Waals surface area (Å²) >= 11 is 12.8. The topological polar surface area (TPSA) is 280 Å². The van der Waals surface area contributed by atoms with E-state index in [-0.39, 0.29) is 60.4 Å². The van der Waals surface area contributed by atoms with Crippen molar-refractivity contribution in [1.82, 2.24) is 39.5 Å². The zero-order chi connectivity index (χ0) is 81.9. The Bertz CT molecular complexity index is 5470. The summed E-state index contributed by atoms with van der Waals surface area (Å²) in [5.74, 6) is -0.236. The van der Waals surface area contributed by atoms with Crippen LogP contribution in [0.15, 0.2) is 97.1 Å². The quantitative estimate of drug-likeness (QED) is 0.113.